The molecule has 0 aliphatic rings. The summed E-state index contributed by atoms with van der Waals surface area (Å²) < 4.78 is 0. The highest BCUT2D eigenvalue weighted by molar-refractivity contribution is 6.30. The van der Waals surface area contributed by atoms with E-state index in [1.54, 1.807) is 24.3 Å². The van der Waals surface area contributed by atoms with Gasteiger partial charge in [-0.15, -0.1) is 0 Å². The zero-order chi connectivity index (χ0) is 13.1. The van der Waals surface area contributed by atoms with Gasteiger partial charge in [0.1, 0.15) is 0 Å². The molecule has 2 rings (SSSR count). The minimum Gasteiger partial charge on any atom is -0.366 e. The van der Waals surface area contributed by atoms with Crippen molar-refractivity contribution in [2.45, 2.75) is 0 Å². The minimum absolute atomic E-state index is 0.448. The Kier molecular flexibility index (Phi) is 3.49. The van der Waals surface area contributed by atoms with Crippen LogP contribution in [0.4, 0.5) is 0 Å². The third-order valence-electron chi connectivity index (χ3n) is 2.67. The van der Waals surface area contributed by atoms with Crippen molar-refractivity contribution in [3.63, 3.8) is 0 Å². The van der Waals surface area contributed by atoms with Gasteiger partial charge in [-0.25, -0.2) is 0 Å². The summed E-state index contributed by atoms with van der Waals surface area (Å²) in [7, 11) is 0. The van der Waals surface area contributed by atoms with Gasteiger partial charge >= 0.3 is 0 Å². The van der Waals surface area contributed by atoms with Crippen LogP contribution in [0.1, 0.15) is 21.5 Å². The minimum atomic E-state index is -0.448. The summed E-state index contributed by atoms with van der Waals surface area (Å²) in [5.41, 5.74) is 8.31. The number of hydrogen-bond acceptors (Lipinski definition) is 1. The number of hydrogen-bond donors (Lipinski definition) is 1. The van der Waals surface area contributed by atoms with Gasteiger partial charge < -0.3 is 5.73 Å². The Hall–Kier alpha value is -2.06. The lowest BCUT2D eigenvalue weighted by molar-refractivity contribution is 0.100. The van der Waals surface area contributed by atoms with Crippen molar-refractivity contribution in [2.75, 3.05) is 0 Å². The number of carbonyl (C=O) groups excluding carboxylic acids is 1. The van der Waals surface area contributed by atoms with Crippen molar-refractivity contribution in [3.8, 4) is 0 Å². The molecule has 0 aliphatic carbocycles. The molecular formula is C15H12ClNO. The van der Waals surface area contributed by atoms with Gasteiger partial charge in [0.15, 0.2) is 0 Å². The molecule has 18 heavy (non-hydrogen) atoms. The molecule has 0 heterocycles. The zero-order valence-electron chi connectivity index (χ0n) is 9.69. The molecule has 0 atom stereocenters. The fourth-order valence-electron chi connectivity index (χ4n) is 1.70. The van der Waals surface area contributed by atoms with E-state index in [2.05, 4.69) is 6.58 Å². The van der Waals surface area contributed by atoms with E-state index in [0.29, 0.717) is 10.6 Å². The first-order chi connectivity index (χ1) is 8.58. The van der Waals surface area contributed by atoms with Crippen molar-refractivity contribution < 1.29 is 4.79 Å². The molecule has 0 unspecified atom stereocenters. The summed E-state index contributed by atoms with van der Waals surface area (Å²) in [5, 5.41) is 0.653. The van der Waals surface area contributed by atoms with E-state index >= 15 is 0 Å². The zero-order valence-corrected chi connectivity index (χ0v) is 10.4. The van der Waals surface area contributed by atoms with E-state index in [0.717, 1.165) is 16.7 Å². The maximum absolute atomic E-state index is 11.1. The predicted molar refractivity (Wildman–Crippen MR) is 74.5 cm³/mol. The highest BCUT2D eigenvalue weighted by Crippen LogP contribution is 2.24. The second-order valence-electron chi connectivity index (χ2n) is 3.93. The van der Waals surface area contributed by atoms with Gasteiger partial charge in [0, 0.05) is 10.6 Å². The molecule has 2 nitrogen and oxygen atoms in total. The Morgan fingerprint density at radius 1 is 1.00 bits per heavy atom. The van der Waals surface area contributed by atoms with E-state index < -0.39 is 5.91 Å². The van der Waals surface area contributed by atoms with Gasteiger partial charge in [0.2, 0.25) is 5.91 Å². The molecule has 0 aliphatic heterocycles. The largest absolute Gasteiger partial charge is 0.366 e. The van der Waals surface area contributed by atoms with E-state index in [-0.39, 0.29) is 0 Å². The van der Waals surface area contributed by atoms with Crippen LogP contribution in [-0.4, -0.2) is 5.91 Å². The van der Waals surface area contributed by atoms with Gasteiger partial charge in [-0.2, -0.15) is 0 Å². The highest BCUT2D eigenvalue weighted by atomic mass is 35.5. The Bertz CT molecular complexity index is 619. The first-order valence-corrected chi connectivity index (χ1v) is 5.81. The molecular weight excluding hydrogens is 246 g/mol. The fraction of sp³-hybridized carbons (Fsp3) is 0. The molecule has 0 saturated carbocycles. The molecule has 0 fully saturated rings. The van der Waals surface area contributed by atoms with Crippen molar-refractivity contribution in [2.24, 2.45) is 5.73 Å². The van der Waals surface area contributed by atoms with Gasteiger partial charge in [-0.3, -0.25) is 4.79 Å². The predicted octanol–water partition coefficient (Wildman–Crippen LogP) is 3.50. The molecule has 0 aromatic heterocycles. The van der Waals surface area contributed by atoms with E-state index in [9.17, 15) is 4.79 Å². The number of benzene rings is 2. The Balaban J connectivity index is 2.40. The third kappa shape index (κ3) is 2.60. The lowest BCUT2D eigenvalue weighted by Crippen LogP contribution is -2.10. The van der Waals surface area contributed by atoms with Crippen molar-refractivity contribution >= 4 is 23.1 Å². The van der Waals surface area contributed by atoms with Crippen LogP contribution in [0, 0.1) is 0 Å². The molecule has 2 aromatic carbocycles. The van der Waals surface area contributed by atoms with Gasteiger partial charge in [0.25, 0.3) is 0 Å². The van der Waals surface area contributed by atoms with Crippen molar-refractivity contribution in [1.29, 1.82) is 0 Å². The lowest BCUT2D eigenvalue weighted by atomic mass is 9.98. The second-order valence-corrected chi connectivity index (χ2v) is 4.37. The molecule has 0 radical (unpaired) electrons. The van der Waals surface area contributed by atoms with Crippen LogP contribution >= 0.6 is 11.6 Å². The maximum Gasteiger partial charge on any atom is 0.248 e. The SMILES string of the molecule is C=C(c1cccc(Cl)c1)c1cccc(C(N)=O)c1. The van der Waals surface area contributed by atoms with Crippen LogP contribution < -0.4 is 5.73 Å². The van der Waals surface area contributed by atoms with E-state index in [1.807, 2.05) is 24.3 Å². The first-order valence-electron chi connectivity index (χ1n) is 5.43. The molecule has 0 spiro atoms. The Morgan fingerprint density at radius 2 is 1.56 bits per heavy atom. The van der Waals surface area contributed by atoms with Crippen LogP contribution in [0.5, 0.6) is 0 Å². The van der Waals surface area contributed by atoms with Crippen LogP contribution in [0.3, 0.4) is 0 Å². The summed E-state index contributed by atoms with van der Waals surface area (Å²) >= 11 is 5.94. The fourth-order valence-corrected chi connectivity index (χ4v) is 1.89. The van der Waals surface area contributed by atoms with Crippen LogP contribution in [-0.2, 0) is 0 Å². The van der Waals surface area contributed by atoms with Gasteiger partial charge in [-0.1, -0.05) is 42.4 Å². The first kappa shape index (κ1) is 12.4. The average Bonchev–Trinajstić information content (AvgIpc) is 2.38. The maximum atomic E-state index is 11.1. The van der Waals surface area contributed by atoms with E-state index in [4.69, 9.17) is 17.3 Å². The molecule has 1 amide bonds. The molecule has 90 valence electrons. The summed E-state index contributed by atoms with van der Waals surface area (Å²) in [6.07, 6.45) is 0. The van der Waals surface area contributed by atoms with E-state index in [1.165, 1.54) is 0 Å². The van der Waals surface area contributed by atoms with Gasteiger partial charge in [-0.05, 0) is 41.0 Å². The summed E-state index contributed by atoms with van der Waals surface area (Å²) in [6.45, 7) is 4.03. The summed E-state index contributed by atoms with van der Waals surface area (Å²) in [6, 6.07) is 14.5. The van der Waals surface area contributed by atoms with Gasteiger partial charge in [0.05, 0.1) is 0 Å². The van der Waals surface area contributed by atoms with Crippen LogP contribution in [0.15, 0.2) is 55.1 Å². The van der Waals surface area contributed by atoms with Crippen LogP contribution in [0.25, 0.3) is 5.57 Å². The number of primary amides is 1. The number of amides is 1. The van der Waals surface area contributed by atoms with Crippen LogP contribution in [0.2, 0.25) is 5.02 Å². The second kappa shape index (κ2) is 5.07. The monoisotopic (exact) mass is 257 g/mol. The standard InChI is InChI=1S/C15H12ClNO/c1-10(12-5-3-7-14(16)9-12)11-4-2-6-13(8-11)15(17)18/h2-9H,1H2,(H2,17,18). The normalized spacial score (nSPS) is 10.1. The molecule has 2 N–H and O–H groups in total. The Morgan fingerprint density at radius 3 is 2.17 bits per heavy atom. The highest BCUT2D eigenvalue weighted by Gasteiger charge is 2.06. The smallest absolute Gasteiger partial charge is 0.248 e. The lowest BCUT2D eigenvalue weighted by Gasteiger charge is -2.07. The van der Waals surface area contributed by atoms with Crippen molar-refractivity contribution in [3.05, 3.63) is 76.8 Å². The topological polar surface area (TPSA) is 43.1 Å². The molecule has 0 saturated heterocycles. The Labute approximate surface area is 111 Å². The summed E-state index contributed by atoms with van der Waals surface area (Å²) in [5.74, 6) is -0.448. The number of rotatable bonds is 3. The number of halogens is 1. The molecule has 3 heteroatoms. The molecule has 2 aromatic rings. The average molecular weight is 258 g/mol. The quantitative estimate of drug-likeness (QED) is 0.899. The van der Waals surface area contributed by atoms with Crippen molar-refractivity contribution in [1.82, 2.24) is 0 Å². The molecule has 0 bridgehead atoms. The third-order valence-corrected chi connectivity index (χ3v) is 2.90. The number of nitrogens with two attached hydrogens (primary N) is 1. The number of carbonyl (C=O) groups is 1. The summed E-state index contributed by atoms with van der Waals surface area (Å²) in [4.78, 5) is 11.1.